The Morgan fingerprint density at radius 1 is 1.30 bits per heavy atom. The summed E-state index contributed by atoms with van der Waals surface area (Å²) in [5, 5.41) is 7.96. The molecule has 5 heteroatoms. The lowest BCUT2D eigenvalue weighted by atomic mass is 10.0. The van der Waals surface area contributed by atoms with E-state index < -0.39 is 0 Å². The van der Waals surface area contributed by atoms with Gasteiger partial charge in [0.2, 0.25) is 0 Å². The minimum absolute atomic E-state index is 0.384. The first-order valence-electron chi connectivity index (χ1n) is 6.93. The quantitative estimate of drug-likeness (QED) is 0.881. The summed E-state index contributed by atoms with van der Waals surface area (Å²) in [5.41, 5.74) is 3.62. The predicted molar refractivity (Wildman–Crippen MR) is 84.8 cm³/mol. The van der Waals surface area contributed by atoms with E-state index in [1.54, 1.807) is 0 Å². The summed E-state index contributed by atoms with van der Waals surface area (Å²) in [4.78, 5) is 4.07. The molecular weight excluding hydrogens is 316 g/mol. The number of hydrogen-bond acceptors (Lipinski definition) is 3. The van der Waals surface area contributed by atoms with Gasteiger partial charge >= 0.3 is 0 Å². The molecule has 0 spiro atoms. The van der Waals surface area contributed by atoms with Crippen LogP contribution in [0, 0.1) is 6.92 Å². The van der Waals surface area contributed by atoms with Crippen LogP contribution in [-0.4, -0.2) is 27.9 Å². The minimum Gasteiger partial charge on any atom is -0.316 e. The van der Waals surface area contributed by atoms with Crippen molar-refractivity contribution in [2.45, 2.75) is 39.3 Å². The van der Waals surface area contributed by atoms with Crippen molar-refractivity contribution >= 4 is 15.9 Å². The zero-order chi connectivity index (χ0) is 14.5. The number of likely N-dealkylation sites (N-methyl/N-ethyl adjacent to an activating group) is 1. The SMILES string of the molecule is CCn1nc(C)c(Br)c1CC(Cc1ccncc1)NC. The van der Waals surface area contributed by atoms with Crippen molar-refractivity contribution in [1.82, 2.24) is 20.1 Å². The highest BCUT2D eigenvalue weighted by atomic mass is 79.9. The van der Waals surface area contributed by atoms with E-state index in [4.69, 9.17) is 0 Å². The van der Waals surface area contributed by atoms with E-state index >= 15 is 0 Å². The second-order valence-corrected chi connectivity index (χ2v) is 5.70. The van der Waals surface area contributed by atoms with Crippen LogP contribution >= 0.6 is 15.9 Å². The molecule has 2 heterocycles. The van der Waals surface area contributed by atoms with E-state index in [0.717, 1.165) is 29.6 Å². The van der Waals surface area contributed by atoms with Crippen LogP contribution in [0.15, 0.2) is 29.0 Å². The summed E-state index contributed by atoms with van der Waals surface area (Å²) >= 11 is 3.66. The number of rotatable bonds is 6. The fourth-order valence-corrected chi connectivity index (χ4v) is 2.82. The second kappa shape index (κ2) is 6.99. The molecule has 2 aromatic rings. The number of pyridine rings is 1. The van der Waals surface area contributed by atoms with Crippen LogP contribution in [0.25, 0.3) is 0 Å². The molecule has 0 saturated carbocycles. The van der Waals surface area contributed by atoms with Gasteiger partial charge in [-0.05, 0) is 60.9 Å². The van der Waals surface area contributed by atoms with Crippen molar-refractivity contribution in [3.63, 3.8) is 0 Å². The Balaban J connectivity index is 2.14. The van der Waals surface area contributed by atoms with Gasteiger partial charge in [-0.25, -0.2) is 0 Å². The summed E-state index contributed by atoms with van der Waals surface area (Å²) in [6.07, 6.45) is 5.63. The Labute approximate surface area is 128 Å². The van der Waals surface area contributed by atoms with E-state index in [0.29, 0.717) is 6.04 Å². The Morgan fingerprint density at radius 2 is 2.00 bits per heavy atom. The Bertz CT molecular complexity index is 551. The maximum Gasteiger partial charge on any atom is 0.0738 e. The minimum atomic E-state index is 0.384. The lowest BCUT2D eigenvalue weighted by Crippen LogP contribution is -2.31. The van der Waals surface area contributed by atoms with E-state index in [2.05, 4.69) is 55.1 Å². The average molecular weight is 337 g/mol. The van der Waals surface area contributed by atoms with E-state index in [9.17, 15) is 0 Å². The molecular formula is C15H21BrN4. The Morgan fingerprint density at radius 3 is 2.60 bits per heavy atom. The number of aromatic nitrogens is 3. The molecule has 1 N–H and O–H groups in total. The fourth-order valence-electron chi connectivity index (χ4n) is 2.38. The molecule has 0 aliphatic rings. The average Bonchev–Trinajstić information content (AvgIpc) is 2.75. The highest BCUT2D eigenvalue weighted by molar-refractivity contribution is 9.10. The molecule has 1 unspecified atom stereocenters. The molecule has 0 bridgehead atoms. The van der Waals surface area contributed by atoms with E-state index in [-0.39, 0.29) is 0 Å². The molecule has 0 amide bonds. The van der Waals surface area contributed by atoms with Gasteiger partial charge in [-0.2, -0.15) is 5.10 Å². The highest BCUT2D eigenvalue weighted by Gasteiger charge is 2.17. The Kier molecular flexibility index (Phi) is 5.31. The predicted octanol–water partition coefficient (Wildman–Crippen LogP) is 2.74. The van der Waals surface area contributed by atoms with Crippen molar-refractivity contribution in [1.29, 1.82) is 0 Å². The van der Waals surface area contributed by atoms with E-state index in [1.165, 1.54) is 11.3 Å². The molecule has 1 atom stereocenters. The maximum absolute atomic E-state index is 4.56. The molecule has 2 rings (SSSR count). The van der Waals surface area contributed by atoms with Gasteiger partial charge in [0.15, 0.2) is 0 Å². The lowest BCUT2D eigenvalue weighted by molar-refractivity contribution is 0.519. The van der Waals surface area contributed by atoms with Crippen molar-refractivity contribution in [3.8, 4) is 0 Å². The Hall–Kier alpha value is -1.20. The number of nitrogens with zero attached hydrogens (tertiary/aromatic N) is 3. The molecule has 2 aromatic heterocycles. The second-order valence-electron chi connectivity index (χ2n) is 4.91. The van der Waals surface area contributed by atoms with Gasteiger partial charge in [0.1, 0.15) is 0 Å². The third-order valence-corrected chi connectivity index (χ3v) is 4.56. The van der Waals surface area contributed by atoms with Crippen LogP contribution in [0.5, 0.6) is 0 Å². The van der Waals surface area contributed by atoms with Gasteiger partial charge in [-0.3, -0.25) is 9.67 Å². The van der Waals surface area contributed by atoms with Crippen LogP contribution in [0.2, 0.25) is 0 Å². The molecule has 0 fully saturated rings. The van der Waals surface area contributed by atoms with Crippen LogP contribution in [-0.2, 0) is 19.4 Å². The van der Waals surface area contributed by atoms with Gasteiger partial charge in [0, 0.05) is 31.4 Å². The van der Waals surface area contributed by atoms with Gasteiger partial charge < -0.3 is 5.32 Å². The third kappa shape index (κ3) is 3.46. The number of hydrogen-bond donors (Lipinski definition) is 1. The molecule has 4 nitrogen and oxygen atoms in total. The highest BCUT2D eigenvalue weighted by Crippen LogP contribution is 2.23. The van der Waals surface area contributed by atoms with Crippen LogP contribution in [0.1, 0.15) is 23.9 Å². The standard InChI is InChI=1S/C15H21BrN4/c1-4-20-14(15(16)11(2)19-20)10-13(17-3)9-12-5-7-18-8-6-12/h5-8,13,17H,4,9-10H2,1-3H3. The first kappa shape index (κ1) is 15.2. The smallest absolute Gasteiger partial charge is 0.0738 e. The van der Waals surface area contributed by atoms with Crippen LogP contribution in [0.4, 0.5) is 0 Å². The van der Waals surface area contributed by atoms with Gasteiger partial charge in [0.05, 0.1) is 15.9 Å². The first-order chi connectivity index (χ1) is 9.65. The zero-order valence-corrected chi connectivity index (χ0v) is 13.8. The number of halogens is 1. The molecule has 0 aliphatic carbocycles. The molecule has 0 aliphatic heterocycles. The van der Waals surface area contributed by atoms with Crippen molar-refractivity contribution < 1.29 is 0 Å². The van der Waals surface area contributed by atoms with Gasteiger partial charge in [0.25, 0.3) is 0 Å². The molecule has 108 valence electrons. The molecule has 0 radical (unpaired) electrons. The molecule has 20 heavy (non-hydrogen) atoms. The van der Waals surface area contributed by atoms with Crippen LogP contribution in [0.3, 0.4) is 0 Å². The lowest BCUT2D eigenvalue weighted by Gasteiger charge is -2.17. The largest absolute Gasteiger partial charge is 0.316 e. The first-order valence-corrected chi connectivity index (χ1v) is 7.73. The van der Waals surface area contributed by atoms with Crippen LogP contribution < -0.4 is 5.32 Å². The monoisotopic (exact) mass is 336 g/mol. The van der Waals surface area contributed by atoms with Gasteiger partial charge in [-0.15, -0.1) is 0 Å². The number of aryl methyl sites for hydroxylation is 2. The third-order valence-electron chi connectivity index (χ3n) is 3.53. The molecule has 0 saturated heterocycles. The summed E-state index contributed by atoms with van der Waals surface area (Å²) in [6.45, 7) is 5.06. The van der Waals surface area contributed by atoms with Gasteiger partial charge in [-0.1, -0.05) is 0 Å². The topological polar surface area (TPSA) is 42.7 Å². The summed E-state index contributed by atoms with van der Waals surface area (Å²) in [5.74, 6) is 0. The summed E-state index contributed by atoms with van der Waals surface area (Å²) in [6, 6.07) is 4.53. The van der Waals surface area contributed by atoms with Crippen molar-refractivity contribution in [3.05, 3.63) is 46.0 Å². The maximum atomic E-state index is 4.56. The zero-order valence-electron chi connectivity index (χ0n) is 12.2. The molecule has 0 aromatic carbocycles. The van der Waals surface area contributed by atoms with E-state index in [1.807, 2.05) is 26.4 Å². The summed E-state index contributed by atoms with van der Waals surface area (Å²) in [7, 11) is 2.01. The summed E-state index contributed by atoms with van der Waals surface area (Å²) < 4.78 is 3.21. The fraction of sp³-hybridized carbons (Fsp3) is 0.467. The van der Waals surface area contributed by atoms with Crippen molar-refractivity contribution in [2.24, 2.45) is 0 Å². The normalized spacial score (nSPS) is 12.6. The number of nitrogens with one attached hydrogen (secondary N) is 1. The van der Waals surface area contributed by atoms with Crippen molar-refractivity contribution in [2.75, 3.05) is 7.05 Å².